The number of oxazole rings is 1. The van der Waals surface area contributed by atoms with Crippen LogP contribution in [0.15, 0.2) is 28.9 Å². The van der Waals surface area contributed by atoms with Crippen molar-refractivity contribution in [1.29, 1.82) is 0 Å². The molecule has 1 saturated carbocycles. The summed E-state index contributed by atoms with van der Waals surface area (Å²) in [7, 11) is 0. The molecule has 1 aromatic carbocycles. The summed E-state index contributed by atoms with van der Waals surface area (Å²) in [5.74, 6) is -1.09. The zero-order valence-corrected chi connectivity index (χ0v) is 11.9. The van der Waals surface area contributed by atoms with Crippen molar-refractivity contribution in [2.45, 2.75) is 19.8 Å². The fraction of sp³-hybridized carbons (Fsp3) is 0.267. The van der Waals surface area contributed by atoms with Crippen molar-refractivity contribution in [2.75, 3.05) is 10.6 Å². The van der Waals surface area contributed by atoms with Crippen molar-refractivity contribution in [3.8, 4) is 0 Å². The lowest BCUT2D eigenvalue weighted by Crippen LogP contribution is -2.15. The van der Waals surface area contributed by atoms with E-state index in [4.69, 9.17) is 4.42 Å². The second-order valence-electron chi connectivity index (χ2n) is 5.22. The van der Waals surface area contributed by atoms with Crippen molar-refractivity contribution >= 4 is 23.5 Å². The highest BCUT2D eigenvalue weighted by molar-refractivity contribution is 6.03. The van der Waals surface area contributed by atoms with Gasteiger partial charge in [-0.15, -0.1) is 0 Å². The van der Waals surface area contributed by atoms with Gasteiger partial charge < -0.3 is 9.73 Å². The minimum Gasteiger partial charge on any atom is -0.431 e. The van der Waals surface area contributed by atoms with Crippen molar-refractivity contribution in [3.63, 3.8) is 0 Å². The van der Waals surface area contributed by atoms with Gasteiger partial charge in [0.1, 0.15) is 12.1 Å². The third-order valence-corrected chi connectivity index (χ3v) is 3.34. The Morgan fingerprint density at radius 2 is 2.09 bits per heavy atom. The van der Waals surface area contributed by atoms with E-state index in [1.54, 1.807) is 19.1 Å². The fourth-order valence-corrected chi connectivity index (χ4v) is 1.85. The Morgan fingerprint density at radius 1 is 1.32 bits per heavy atom. The summed E-state index contributed by atoms with van der Waals surface area (Å²) in [5.41, 5.74) is 0.816. The van der Waals surface area contributed by atoms with E-state index in [-0.39, 0.29) is 23.5 Å². The minimum atomic E-state index is -0.543. The van der Waals surface area contributed by atoms with Gasteiger partial charge in [0.2, 0.25) is 5.91 Å². The number of hydrogen-bond acceptors (Lipinski definition) is 4. The van der Waals surface area contributed by atoms with Crippen LogP contribution in [0.4, 0.5) is 16.1 Å². The lowest BCUT2D eigenvalue weighted by atomic mass is 10.2. The monoisotopic (exact) mass is 303 g/mol. The maximum absolute atomic E-state index is 13.4. The highest BCUT2D eigenvalue weighted by Gasteiger charge is 2.30. The highest BCUT2D eigenvalue weighted by Crippen LogP contribution is 2.30. The Morgan fingerprint density at radius 3 is 2.77 bits per heavy atom. The molecule has 0 saturated heterocycles. The Balaban J connectivity index is 1.65. The maximum Gasteiger partial charge on any atom is 0.302 e. The molecule has 114 valence electrons. The summed E-state index contributed by atoms with van der Waals surface area (Å²) in [6.45, 7) is 1.63. The summed E-state index contributed by atoms with van der Waals surface area (Å²) in [5, 5.41) is 5.02. The Bertz CT molecular complexity index is 737. The number of halogens is 1. The zero-order chi connectivity index (χ0) is 15.7. The fourth-order valence-electron chi connectivity index (χ4n) is 1.85. The Labute approximate surface area is 125 Å². The van der Waals surface area contributed by atoms with Crippen LogP contribution in [0.1, 0.15) is 28.9 Å². The Kier molecular flexibility index (Phi) is 3.62. The van der Waals surface area contributed by atoms with Gasteiger partial charge in [0.25, 0.3) is 5.91 Å². The van der Waals surface area contributed by atoms with E-state index in [2.05, 4.69) is 15.6 Å². The minimum absolute atomic E-state index is 0.00656. The summed E-state index contributed by atoms with van der Waals surface area (Å²) < 4.78 is 18.5. The molecule has 0 atom stereocenters. The van der Waals surface area contributed by atoms with Crippen LogP contribution in [0.3, 0.4) is 0 Å². The van der Waals surface area contributed by atoms with Gasteiger partial charge in [-0.3, -0.25) is 14.9 Å². The molecule has 2 aromatic rings. The molecule has 0 aliphatic heterocycles. The first-order chi connectivity index (χ1) is 10.5. The lowest BCUT2D eigenvalue weighted by molar-refractivity contribution is -0.117. The molecule has 1 aliphatic rings. The van der Waals surface area contributed by atoms with E-state index in [1.165, 1.54) is 6.07 Å². The molecule has 6 nitrogen and oxygen atoms in total. The molecule has 22 heavy (non-hydrogen) atoms. The van der Waals surface area contributed by atoms with Crippen molar-refractivity contribution < 1.29 is 18.4 Å². The number of aromatic nitrogens is 1. The molecule has 7 heteroatoms. The van der Waals surface area contributed by atoms with E-state index in [1.807, 2.05) is 0 Å². The first-order valence-electron chi connectivity index (χ1n) is 6.87. The number of rotatable bonds is 4. The van der Waals surface area contributed by atoms with Crippen LogP contribution in [0.25, 0.3) is 0 Å². The van der Waals surface area contributed by atoms with Gasteiger partial charge >= 0.3 is 6.01 Å². The molecule has 1 heterocycles. The van der Waals surface area contributed by atoms with E-state index in [0.29, 0.717) is 11.3 Å². The van der Waals surface area contributed by atoms with E-state index >= 15 is 0 Å². The van der Waals surface area contributed by atoms with Gasteiger partial charge in [-0.2, -0.15) is 4.98 Å². The third-order valence-electron chi connectivity index (χ3n) is 3.34. The molecule has 0 bridgehead atoms. The van der Waals surface area contributed by atoms with Crippen molar-refractivity contribution in [3.05, 3.63) is 41.5 Å². The maximum atomic E-state index is 13.4. The van der Waals surface area contributed by atoms with E-state index < -0.39 is 11.7 Å². The molecule has 1 fully saturated rings. The molecule has 1 aliphatic carbocycles. The largest absolute Gasteiger partial charge is 0.431 e. The normalized spacial score (nSPS) is 13.7. The van der Waals surface area contributed by atoms with Crippen LogP contribution in [0.5, 0.6) is 0 Å². The van der Waals surface area contributed by atoms with Gasteiger partial charge in [0.15, 0.2) is 5.69 Å². The zero-order valence-electron chi connectivity index (χ0n) is 11.9. The Hall–Kier alpha value is -2.70. The van der Waals surface area contributed by atoms with Gasteiger partial charge in [-0.25, -0.2) is 4.39 Å². The van der Waals surface area contributed by atoms with E-state index in [9.17, 15) is 14.0 Å². The second-order valence-corrected chi connectivity index (χ2v) is 5.22. The third kappa shape index (κ3) is 3.13. The van der Waals surface area contributed by atoms with Crippen LogP contribution in [0.2, 0.25) is 0 Å². The number of amides is 2. The molecule has 0 unspecified atom stereocenters. The van der Waals surface area contributed by atoms with Gasteiger partial charge in [0, 0.05) is 11.6 Å². The molecule has 0 spiro atoms. The van der Waals surface area contributed by atoms with Crippen molar-refractivity contribution in [1.82, 2.24) is 4.98 Å². The van der Waals surface area contributed by atoms with Crippen LogP contribution in [-0.2, 0) is 4.79 Å². The van der Waals surface area contributed by atoms with E-state index in [0.717, 1.165) is 19.1 Å². The summed E-state index contributed by atoms with van der Waals surface area (Å²) >= 11 is 0. The number of carbonyl (C=O) groups excluding carboxylic acids is 2. The second kappa shape index (κ2) is 5.59. The molecular formula is C15H14FN3O3. The SMILES string of the molecule is Cc1ccc(NC(=O)c2coc(NC(=O)C3CC3)n2)cc1F. The molecule has 0 radical (unpaired) electrons. The average Bonchev–Trinajstić information content (AvgIpc) is 3.23. The number of hydrogen-bond donors (Lipinski definition) is 2. The molecule has 3 rings (SSSR count). The number of nitrogens with one attached hydrogen (secondary N) is 2. The molecule has 2 amide bonds. The lowest BCUT2D eigenvalue weighted by Gasteiger charge is -2.04. The topological polar surface area (TPSA) is 84.2 Å². The first-order valence-corrected chi connectivity index (χ1v) is 6.87. The number of benzene rings is 1. The molecular weight excluding hydrogens is 289 g/mol. The summed E-state index contributed by atoms with van der Waals surface area (Å²) in [4.78, 5) is 27.4. The number of nitrogens with zero attached hydrogens (tertiary/aromatic N) is 1. The number of anilines is 2. The summed E-state index contributed by atoms with van der Waals surface area (Å²) in [6, 6.07) is 4.36. The van der Waals surface area contributed by atoms with Crippen molar-refractivity contribution in [2.24, 2.45) is 5.92 Å². The molecule has 2 N–H and O–H groups in total. The number of aryl methyl sites for hydroxylation is 1. The predicted octanol–water partition coefficient (Wildman–Crippen LogP) is 2.72. The molecule has 1 aromatic heterocycles. The van der Waals surface area contributed by atoms with Gasteiger partial charge in [-0.05, 0) is 37.5 Å². The standard InChI is InChI=1S/C15H14FN3O3/c1-8-2-5-10(6-11(8)16)17-14(21)12-7-22-15(18-12)19-13(20)9-3-4-9/h2,5-7,9H,3-4H2,1H3,(H,17,21)(H,18,19,20). The highest BCUT2D eigenvalue weighted by atomic mass is 19.1. The quantitative estimate of drug-likeness (QED) is 0.909. The smallest absolute Gasteiger partial charge is 0.302 e. The van der Waals surface area contributed by atoms with Gasteiger partial charge in [0.05, 0.1) is 0 Å². The summed E-state index contributed by atoms with van der Waals surface area (Å²) in [6.07, 6.45) is 2.86. The predicted molar refractivity (Wildman–Crippen MR) is 76.9 cm³/mol. The number of carbonyl (C=O) groups is 2. The average molecular weight is 303 g/mol. The van der Waals surface area contributed by atoms with Gasteiger partial charge in [-0.1, -0.05) is 6.07 Å². The van der Waals surface area contributed by atoms with Crippen LogP contribution in [0, 0.1) is 18.7 Å². The van der Waals surface area contributed by atoms with Crippen LogP contribution < -0.4 is 10.6 Å². The first kappa shape index (κ1) is 14.2. The van der Waals surface area contributed by atoms with Crippen LogP contribution in [-0.4, -0.2) is 16.8 Å². The van der Waals surface area contributed by atoms with Crippen LogP contribution >= 0.6 is 0 Å².